The number of esters is 1. The van der Waals surface area contributed by atoms with E-state index in [1.807, 2.05) is 0 Å². The summed E-state index contributed by atoms with van der Waals surface area (Å²) in [6.07, 6.45) is 0.450. The van der Waals surface area contributed by atoms with Gasteiger partial charge in [-0.25, -0.2) is 0 Å². The van der Waals surface area contributed by atoms with E-state index in [1.165, 1.54) is 6.07 Å². The largest absolute Gasteiger partial charge is 0.465 e. The molecule has 6 heteroatoms. The molecule has 6 nitrogen and oxygen atoms in total. The molecule has 1 aromatic carbocycles. The first-order valence-electron chi connectivity index (χ1n) is 6.30. The maximum atomic E-state index is 11.8. The highest BCUT2D eigenvalue weighted by atomic mass is 16.6. The Hall–Kier alpha value is -2.42. The number of carbonyl (C=O) groups excluding carboxylic acids is 1. The van der Waals surface area contributed by atoms with Crippen LogP contribution in [0, 0.1) is 28.4 Å². The number of hydrogen-bond donors (Lipinski definition) is 0. The molecule has 106 valence electrons. The molecule has 0 radical (unpaired) electrons. The van der Waals surface area contributed by atoms with Crippen LogP contribution in [0.25, 0.3) is 0 Å². The Labute approximate surface area is 117 Å². The monoisotopic (exact) mass is 276 g/mol. The molecule has 20 heavy (non-hydrogen) atoms. The molecule has 0 saturated carbocycles. The smallest absolute Gasteiger partial charge is 0.328 e. The van der Waals surface area contributed by atoms with Crippen LogP contribution in [-0.2, 0) is 16.0 Å². The molecular weight excluding hydrogens is 260 g/mol. The van der Waals surface area contributed by atoms with E-state index in [-0.39, 0.29) is 17.9 Å². The number of nitro benzene ring substituents is 1. The van der Waals surface area contributed by atoms with Crippen molar-refractivity contribution in [2.24, 2.45) is 0 Å². The second kappa shape index (κ2) is 6.66. The van der Waals surface area contributed by atoms with Crippen LogP contribution >= 0.6 is 0 Å². The molecule has 1 rings (SSSR count). The predicted octanol–water partition coefficient (Wildman–Crippen LogP) is 2.64. The highest BCUT2D eigenvalue weighted by Crippen LogP contribution is 2.32. The Bertz CT molecular complexity index is 575. The molecule has 0 aromatic heterocycles. The molecule has 0 amide bonds. The molecule has 0 aliphatic rings. The molecule has 0 aliphatic heterocycles. The Kier molecular flexibility index (Phi) is 5.21. The summed E-state index contributed by atoms with van der Waals surface area (Å²) in [5, 5.41) is 20.4. The second-order valence-corrected chi connectivity index (χ2v) is 4.29. The van der Waals surface area contributed by atoms with Crippen molar-refractivity contribution in [3.63, 3.8) is 0 Å². The quantitative estimate of drug-likeness (QED) is 0.468. The Morgan fingerprint density at radius 3 is 2.60 bits per heavy atom. The van der Waals surface area contributed by atoms with Gasteiger partial charge in [0, 0.05) is 5.56 Å². The number of nitriles is 1. The van der Waals surface area contributed by atoms with Gasteiger partial charge in [-0.05, 0) is 32.4 Å². The topological polar surface area (TPSA) is 93.2 Å². The van der Waals surface area contributed by atoms with Crippen molar-refractivity contribution in [1.82, 2.24) is 0 Å². The fourth-order valence-electron chi connectivity index (χ4n) is 2.07. The normalized spacial score (nSPS) is 11.5. The van der Waals surface area contributed by atoms with Gasteiger partial charge in [-0.3, -0.25) is 14.9 Å². The lowest BCUT2D eigenvalue weighted by molar-refractivity contribution is -0.386. The van der Waals surface area contributed by atoms with Crippen molar-refractivity contribution < 1.29 is 14.5 Å². The Balaban J connectivity index is 3.49. The standard InChI is InChI=1S/C14H16N2O4/c1-4-10-6-9(3)7-11(13(10)16(18)19)12(8-15)14(17)20-5-2/h6-7,12H,4-5H2,1-3H3. The van der Waals surface area contributed by atoms with Gasteiger partial charge in [0.15, 0.2) is 5.92 Å². The van der Waals surface area contributed by atoms with Crippen LogP contribution in [0.3, 0.4) is 0 Å². The molecule has 0 saturated heterocycles. The van der Waals surface area contributed by atoms with Crippen LogP contribution < -0.4 is 0 Å². The number of benzene rings is 1. The zero-order chi connectivity index (χ0) is 15.3. The summed E-state index contributed by atoms with van der Waals surface area (Å²) in [6, 6.07) is 5.00. The van der Waals surface area contributed by atoms with E-state index in [4.69, 9.17) is 10.00 Å². The molecular formula is C14H16N2O4. The molecule has 0 N–H and O–H groups in total. The summed E-state index contributed by atoms with van der Waals surface area (Å²) in [5.74, 6) is -2.04. The van der Waals surface area contributed by atoms with Gasteiger partial charge in [0.1, 0.15) is 0 Å². The molecule has 0 bridgehead atoms. The van der Waals surface area contributed by atoms with Gasteiger partial charge in [-0.2, -0.15) is 5.26 Å². The minimum atomic E-state index is -1.28. The maximum absolute atomic E-state index is 11.8. The van der Waals surface area contributed by atoms with Crippen LogP contribution in [0.4, 0.5) is 5.69 Å². The average Bonchev–Trinajstić information content (AvgIpc) is 2.38. The van der Waals surface area contributed by atoms with E-state index in [0.717, 1.165) is 5.56 Å². The Morgan fingerprint density at radius 1 is 1.50 bits per heavy atom. The minimum absolute atomic E-state index is 0.104. The van der Waals surface area contributed by atoms with Crippen molar-refractivity contribution in [2.75, 3.05) is 6.61 Å². The maximum Gasteiger partial charge on any atom is 0.328 e. The third-order valence-electron chi connectivity index (χ3n) is 2.89. The number of aryl methyl sites for hydroxylation is 2. The molecule has 1 atom stereocenters. The summed E-state index contributed by atoms with van der Waals surface area (Å²) >= 11 is 0. The van der Waals surface area contributed by atoms with Crippen molar-refractivity contribution >= 4 is 11.7 Å². The third kappa shape index (κ3) is 3.12. The molecule has 0 spiro atoms. The van der Waals surface area contributed by atoms with E-state index in [0.29, 0.717) is 12.0 Å². The predicted molar refractivity (Wildman–Crippen MR) is 72.2 cm³/mol. The van der Waals surface area contributed by atoms with Gasteiger partial charge >= 0.3 is 5.97 Å². The highest BCUT2D eigenvalue weighted by Gasteiger charge is 2.31. The van der Waals surface area contributed by atoms with E-state index in [2.05, 4.69) is 0 Å². The van der Waals surface area contributed by atoms with E-state index >= 15 is 0 Å². The van der Waals surface area contributed by atoms with Crippen molar-refractivity contribution in [2.45, 2.75) is 33.1 Å². The Morgan fingerprint density at radius 2 is 2.15 bits per heavy atom. The van der Waals surface area contributed by atoms with Crippen LogP contribution in [0.2, 0.25) is 0 Å². The molecule has 1 unspecified atom stereocenters. The lowest BCUT2D eigenvalue weighted by atomic mass is 9.93. The lowest BCUT2D eigenvalue weighted by Crippen LogP contribution is -2.16. The van der Waals surface area contributed by atoms with Gasteiger partial charge in [0.2, 0.25) is 0 Å². The number of carbonyl (C=O) groups is 1. The van der Waals surface area contributed by atoms with Crippen molar-refractivity contribution in [1.29, 1.82) is 5.26 Å². The highest BCUT2D eigenvalue weighted by molar-refractivity contribution is 5.83. The summed E-state index contributed by atoms with van der Waals surface area (Å²) in [4.78, 5) is 22.5. The van der Waals surface area contributed by atoms with E-state index in [9.17, 15) is 14.9 Å². The first kappa shape index (κ1) is 15.6. The summed E-state index contributed by atoms with van der Waals surface area (Å²) in [5.41, 5.74) is 1.21. The van der Waals surface area contributed by atoms with Crippen LogP contribution in [-0.4, -0.2) is 17.5 Å². The fourth-order valence-corrected chi connectivity index (χ4v) is 2.07. The first-order valence-corrected chi connectivity index (χ1v) is 6.30. The summed E-state index contributed by atoms with van der Waals surface area (Å²) in [7, 11) is 0. The average molecular weight is 276 g/mol. The zero-order valence-corrected chi connectivity index (χ0v) is 11.7. The van der Waals surface area contributed by atoms with E-state index < -0.39 is 16.8 Å². The van der Waals surface area contributed by atoms with Crippen molar-refractivity contribution in [3.8, 4) is 6.07 Å². The van der Waals surface area contributed by atoms with Crippen LogP contribution in [0.15, 0.2) is 12.1 Å². The second-order valence-electron chi connectivity index (χ2n) is 4.29. The summed E-state index contributed by atoms with van der Waals surface area (Å²) in [6.45, 7) is 5.30. The lowest BCUT2D eigenvalue weighted by Gasteiger charge is -2.12. The number of ether oxygens (including phenoxy) is 1. The molecule has 0 heterocycles. The van der Waals surface area contributed by atoms with Gasteiger partial charge < -0.3 is 4.74 Å². The number of nitro groups is 1. The fraction of sp³-hybridized carbons (Fsp3) is 0.429. The molecule has 0 fully saturated rings. The van der Waals surface area contributed by atoms with Crippen LogP contribution in [0.1, 0.15) is 36.5 Å². The van der Waals surface area contributed by atoms with Gasteiger partial charge in [-0.1, -0.05) is 12.5 Å². The molecule has 1 aromatic rings. The number of nitrogens with zero attached hydrogens (tertiary/aromatic N) is 2. The van der Waals surface area contributed by atoms with Crippen LogP contribution in [0.5, 0.6) is 0 Å². The first-order chi connectivity index (χ1) is 9.46. The minimum Gasteiger partial charge on any atom is -0.465 e. The van der Waals surface area contributed by atoms with E-state index in [1.54, 1.807) is 32.9 Å². The van der Waals surface area contributed by atoms with Gasteiger partial charge in [-0.15, -0.1) is 0 Å². The van der Waals surface area contributed by atoms with Gasteiger partial charge in [0.05, 0.1) is 23.2 Å². The zero-order valence-electron chi connectivity index (χ0n) is 11.7. The molecule has 0 aliphatic carbocycles. The third-order valence-corrected chi connectivity index (χ3v) is 2.89. The SMILES string of the molecule is CCOC(=O)C(C#N)c1cc(C)cc(CC)c1[N+](=O)[O-]. The van der Waals surface area contributed by atoms with Crippen molar-refractivity contribution in [3.05, 3.63) is 38.9 Å². The summed E-state index contributed by atoms with van der Waals surface area (Å²) < 4.78 is 4.81. The number of rotatable bonds is 5. The number of hydrogen-bond acceptors (Lipinski definition) is 5. The van der Waals surface area contributed by atoms with Gasteiger partial charge in [0.25, 0.3) is 5.69 Å².